The molecular formula is C11H5BrClNOS. The van der Waals surface area contributed by atoms with Gasteiger partial charge in [0.05, 0.1) is 26.0 Å². The van der Waals surface area contributed by atoms with Gasteiger partial charge in [-0.25, -0.2) is 0 Å². The quantitative estimate of drug-likeness (QED) is 0.847. The normalized spacial score (nSPS) is 10.1. The van der Waals surface area contributed by atoms with Crippen LogP contribution in [-0.2, 0) is 0 Å². The van der Waals surface area contributed by atoms with Crippen molar-refractivity contribution in [2.24, 2.45) is 0 Å². The Morgan fingerprint density at radius 1 is 1.44 bits per heavy atom. The Kier molecular flexibility index (Phi) is 3.20. The van der Waals surface area contributed by atoms with E-state index in [1.165, 1.54) is 11.3 Å². The number of halogens is 2. The van der Waals surface area contributed by atoms with Crippen molar-refractivity contribution in [1.29, 1.82) is 5.26 Å². The molecule has 0 aliphatic carbocycles. The highest BCUT2D eigenvalue weighted by molar-refractivity contribution is 9.10. The zero-order valence-corrected chi connectivity index (χ0v) is 11.0. The van der Waals surface area contributed by atoms with Gasteiger partial charge in [0.1, 0.15) is 5.75 Å². The molecule has 16 heavy (non-hydrogen) atoms. The van der Waals surface area contributed by atoms with E-state index >= 15 is 0 Å². The first kappa shape index (κ1) is 11.5. The molecule has 0 fully saturated rings. The monoisotopic (exact) mass is 313 g/mol. The number of phenols is 1. The summed E-state index contributed by atoms with van der Waals surface area (Å²) in [6, 6.07) is 6.99. The molecule has 0 saturated heterocycles. The summed E-state index contributed by atoms with van der Waals surface area (Å²) >= 11 is 10.6. The lowest BCUT2D eigenvalue weighted by atomic mass is 10.1. The zero-order valence-electron chi connectivity index (χ0n) is 7.87. The molecule has 0 radical (unpaired) electrons. The molecule has 5 heteroatoms. The Bertz CT molecular complexity index is 588. The van der Waals surface area contributed by atoms with E-state index in [0.717, 1.165) is 4.88 Å². The maximum atomic E-state index is 9.91. The topological polar surface area (TPSA) is 44.0 Å². The third-order valence-corrected chi connectivity index (χ3v) is 4.03. The van der Waals surface area contributed by atoms with Crippen LogP contribution in [0.4, 0.5) is 0 Å². The third-order valence-electron chi connectivity index (χ3n) is 2.05. The minimum atomic E-state index is 0.100. The molecule has 2 rings (SSSR count). The molecule has 0 atom stereocenters. The number of thiophene rings is 1. The molecule has 0 bridgehead atoms. The molecule has 0 saturated carbocycles. The zero-order chi connectivity index (χ0) is 11.7. The van der Waals surface area contributed by atoms with Gasteiger partial charge in [0.25, 0.3) is 0 Å². The van der Waals surface area contributed by atoms with Gasteiger partial charge in [0.15, 0.2) is 0 Å². The van der Waals surface area contributed by atoms with Gasteiger partial charge in [-0.05, 0) is 39.5 Å². The summed E-state index contributed by atoms with van der Waals surface area (Å²) in [5.74, 6) is 0.100. The molecule has 0 unspecified atom stereocenters. The summed E-state index contributed by atoms with van der Waals surface area (Å²) in [7, 11) is 0. The molecule has 0 aliphatic rings. The molecule has 1 heterocycles. The second kappa shape index (κ2) is 4.46. The van der Waals surface area contributed by atoms with Crippen molar-refractivity contribution in [3.63, 3.8) is 0 Å². The summed E-state index contributed by atoms with van der Waals surface area (Å²) in [5, 5.41) is 21.2. The lowest BCUT2D eigenvalue weighted by Crippen LogP contribution is -1.82. The highest BCUT2D eigenvalue weighted by Gasteiger charge is 2.13. The van der Waals surface area contributed by atoms with E-state index in [-0.39, 0.29) is 5.75 Å². The molecular weight excluding hydrogens is 310 g/mol. The molecule has 0 amide bonds. The van der Waals surface area contributed by atoms with Crippen LogP contribution in [0.5, 0.6) is 5.75 Å². The standard InChI is InChI=1S/C11H5BrClNOS/c12-8-4-6(5-14)3-7(10(8)15)11-9(13)1-2-16-11/h1-4,15H. The largest absolute Gasteiger partial charge is 0.506 e. The molecule has 1 aromatic carbocycles. The highest BCUT2D eigenvalue weighted by atomic mass is 79.9. The van der Waals surface area contributed by atoms with E-state index in [4.69, 9.17) is 16.9 Å². The van der Waals surface area contributed by atoms with Gasteiger partial charge in [-0.2, -0.15) is 5.26 Å². The third kappa shape index (κ3) is 1.94. The number of hydrogen-bond acceptors (Lipinski definition) is 3. The van der Waals surface area contributed by atoms with Crippen LogP contribution in [0.25, 0.3) is 10.4 Å². The molecule has 2 nitrogen and oxygen atoms in total. The van der Waals surface area contributed by atoms with E-state index < -0.39 is 0 Å². The van der Waals surface area contributed by atoms with Crippen molar-refractivity contribution in [1.82, 2.24) is 0 Å². The van der Waals surface area contributed by atoms with Crippen LogP contribution >= 0.6 is 38.9 Å². The smallest absolute Gasteiger partial charge is 0.138 e. The Labute approximate surface area is 110 Å². The SMILES string of the molecule is N#Cc1cc(Br)c(O)c(-c2sccc2Cl)c1. The van der Waals surface area contributed by atoms with Gasteiger partial charge in [-0.1, -0.05) is 11.6 Å². The first-order valence-electron chi connectivity index (χ1n) is 4.29. The fourth-order valence-electron chi connectivity index (χ4n) is 1.32. The summed E-state index contributed by atoms with van der Waals surface area (Å²) in [4.78, 5) is 0.761. The lowest BCUT2D eigenvalue weighted by Gasteiger charge is -2.05. The second-order valence-electron chi connectivity index (χ2n) is 3.06. The van der Waals surface area contributed by atoms with Crippen LogP contribution in [-0.4, -0.2) is 5.11 Å². The Balaban J connectivity index is 2.70. The molecule has 80 valence electrons. The van der Waals surface area contributed by atoms with Crippen molar-refractivity contribution in [3.8, 4) is 22.3 Å². The average Bonchev–Trinajstić information content (AvgIpc) is 2.68. The van der Waals surface area contributed by atoms with Gasteiger partial charge < -0.3 is 5.11 Å². The predicted octanol–water partition coefficient (Wildman–Crippen LogP) is 4.41. The summed E-state index contributed by atoms with van der Waals surface area (Å²) in [5.41, 5.74) is 1.05. The van der Waals surface area contributed by atoms with Crippen molar-refractivity contribution >= 4 is 38.9 Å². The van der Waals surface area contributed by atoms with Crippen molar-refractivity contribution in [2.75, 3.05) is 0 Å². The van der Waals surface area contributed by atoms with Crippen LogP contribution in [0.2, 0.25) is 5.02 Å². The Morgan fingerprint density at radius 3 is 2.75 bits per heavy atom. The number of phenolic OH excluding ortho intramolecular Hbond substituents is 1. The summed E-state index contributed by atoms with van der Waals surface area (Å²) in [6.45, 7) is 0. The average molecular weight is 315 g/mol. The van der Waals surface area contributed by atoms with Crippen LogP contribution in [0.1, 0.15) is 5.56 Å². The number of hydrogen-bond donors (Lipinski definition) is 1. The molecule has 2 aromatic rings. The Hall–Kier alpha value is -1.02. The number of rotatable bonds is 1. The fourth-order valence-corrected chi connectivity index (χ4v) is 2.96. The highest BCUT2D eigenvalue weighted by Crippen LogP contribution is 2.42. The van der Waals surface area contributed by atoms with E-state index in [2.05, 4.69) is 15.9 Å². The predicted molar refractivity (Wildman–Crippen MR) is 68.8 cm³/mol. The van der Waals surface area contributed by atoms with E-state index in [1.807, 2.05) is 11.4 Å². The van der Waals surface area contributed by atoms with Gasteiger partial charge in [-0.15, -0.1) is 11.3 Å². The number of benzene rings is 1. The molecule has 0 aliphatic heterocycles. The Morgan fingerprint density at radius 2 is 2.19 bits per heavy atom. The van der Waals surface area contributed by atoms with E-state index in [1.54, 1.807) is 18.2 Å². The number of nitriles is 1. The minimum absolute atomic E-state index is 0.100. The second-order valence-corrected chi connectivity index (χ2v) is 5.24. The first-order valence-corrected chi connectivity index (χ1v) is 6.34. The van der Waals surface area contributed by atoms with Crippen molar-refractivity contribution < 1.29 is 5.11 Å². The maximum Gasteiger partial charge on any atom is 0.138 e. The van der Waals surface area contributed by atoms with E-state index in [9.17, 15) is 5.11 Å². The van der Waals surface area contributed by atoms with Gasteiger partial charge in [0, 0.05) is 5.56 Å². The van der Waals surface area contributed by atoms with Crippen molar-refractivity contribution in [3.05, 3.63) is 38.6 Å². The summed E-state index contributed by atoms with van der Waals surface area (Å²) in [6.07, 6.45) is 0. The molecule has 1 aromatic heterocycles. The minimum Gasteiger partial charge on any atom is -0.506 e. The molecule has 0 spiro atoms. The van der Waals surface area contributed by atoms with Gasteiger partial charge in [-0.3, -0.25) is 0 Å². The first-order chi connectivity index (χ1) is 7.63. The van der Waals surface area contributed by atoms with Crippen LogP contribution in [0, 0.1) is 11.3 Å². The molecule has 1 N–H and O–H groups in total. The van der Waals surface area contributed by atoms with Crippen LogP contribution in [0.15, 0.2) is 28.1 Å². The van der Waals surface area contributed by atoms with Gasteiger partial charge >= 0.3 is 0 Å². The van der Waals surface area contributed by atoms with Crippen molar-refractivity contribution in [2.45, 2.75) is 0 Å². The fraction of sp³-hybridized carbons (Fsp3) is 0. The lowest BCUT2D eigenvalue weighted by molar-refractivity contribution is 0.474. The maximum absolute atomic E-state index is 9.91. The van der Waals surface area contributed by atoms with Gasteiger partial charge in [0.2, 0.25) is 0 Å². The van der Waals surface area contributed by atoms with Crippen LogP contribution < -0.4 is 0 Å². The van der Waals surface area contributed by atoms with E-state index in [0.29, 0.717) is 20.6 Å². The number of nitrogens with zero attached hydrogens (tertiary/aromatic N) is 1. The van der Waals surface area contributed by atoms with Crippen LogP contribution in [0.3, 0.4) is 0 Å². The summed E-state index contributed by atoms with van der Waals surface area (Å²) < 4.78 is 0.492. The number of aromatic hydroxyl groups is 1.